The molecule has 0 aliphatic heterocycles. The average molecular weight is 324 g/mol. The maximum Gasteiger partial charge on any atom is 0.249 e. The van der Waals surface area contributed by atoms with E-state index in [2.05, 4.69) is 15.5 Å². The average Bonchev–Trinajstić information content (AvgIpc) is 2.96. The number of anilines is 1. The molecule has 1 N–H and O–H groups in total. The van der Waals surface area contributed by atoms with Gasteiger partial charge in [-0.15, -0.1) is 0 Å². The molecule has 0 saturated heterocycles. The van der Waals surface area contributed by atoms with Crippen LogP contribution in [0.3, 0.4) is 0 Å². The summed E-state index contributed by atoms with van der Waals surface area (Å²) in [6.07, 6.45) is 2.31. The standard InChI is InChI=1S/C15H22ClN5O/c1-6-13(21-11(5)14(16)9(3)19-21)15(22)18-12-8-17-20(7-2)10(12)4/h8,13H,6-7H2,1-5H3,(H,18,22). The predicted molar refractivity (Wildman–Crippen MR) is 87.3 cm³/mol. The predicted octanol–water partition coefficient (Wildman–Crippen LogP) is 3.27. The number of rotatable bonds is 5. The van der Waals surface area contributed by atoms with Gasteiger partial charge in [-0.1, -0.05) is 18.5 Å². The van der Waals surface area contributed by atoms with Crippen molar-refractivity contribution in [3.05, 3.63) is 28.3 Å². The van der Waals surface area contributed by atoms with Crippen molar-refractivity contribution >= 4 is 23.2 Å². The summed E-state index contributed by atoms with van der Waals surface area (Å²) in [5.74, 6) is -0.108. The van der Waals surface area contributed by atoms with Crippen molar-refractivity contribution in [3.8, 4) is 0 Å². The summed E-state index contributed by atoms with van der Waals surface area (Å²) in [5.41, 5.74) is 3.22. The number of carbonyl (C=O) groups is 1. The molecular formula is C15H22ClN5O. The topological polar surface area (TPSA) is 64.7 Å². The van der Waals surface area contributed by atoms with Crippen molar-refractivity contribution in [2.24, 2.45) is 0 Å². The van der Waals surface area contributed by atoms with Crippen molar-refractivity contribution in [2.45, 2.75) is 53.6 Å². The maximum atomic E-state index is 12.6. The number of halogens is 1. The second-order valence-corrected chi connectivity index (χ2v) is 5.68. The molecule has 120 valence electrons. The Kier molecular flexibility index (Phi) is 4.90. The minimum Gasteiger partial charge on any atom is -0.321 e. The van der Waals surface area contributed by atoms with E-state index in [4.69, 9.17) is 11.6 Å². The van der Waals surface area contributed by atoms with Crippen LogP contribution in [0.5, 0.6) is 0 Å². The molecule has 2 heterocycles. The second kappa shape index (κ2) is 6.52. The maximum absolute atomic E-state index is 12.6. The Hall–Kier alpha value is -1.82. The van der Waals surface area contributed by atoms with Gasteiger partial charge in [-0.3, -0.25) is 14.2 Å². The summed E-state index contributed by atoms with van der Waals surface area (Å²) < 4.78 is 3.54. The van der Waals surface area contributed by atoms with Crippen molar-refractivity contribution in [1.82, 2.24) is 19.6 Å². The monoisotopic (exact) mass is 323 g/mol. The van der Waals surface area contributed by atoms with Crippen LogP contribution in [0.15, 0.2) is 6.20 Å². The Morgan fingerprint density at radius 2 is 2.00 bits per heavy atom. The van der Waals surface area contributed by atoms with E-state index in [1.807, 2.05) is 39.3 Å². The van der Waals surface area contributed by atoms with Crippen LogP contribution in [0.1, 0.15) is 43.4 Å². The Morgan fingerprint density at radius 1 is 1.32 bits per heavy atom. The largest absolute Gasteiger partial charge is 0.321 e. The molecule has 0 bridgehead atoms. The van der Waals surface area contributed by atoms with Crippen molar-refractivity contribution < 1.29 is 4.79 Å². The van der Waals surface area contributed by atoms with Gasteiger partial charge < -0.3 is 5.32 Å². The third kappa shape index (κ3) is 2.88. The van der Waals surface area contributed by atoms with Gasteiger partial charge in [0.1, 0.15) is 6.04 Å². The molecule has 0 radical (unpaired) electrons. The van der Waals surface area contributed by atoms with Crippen LogP contribution in [0.4, 0.5) is 5.69 Å². The summed E-state index contributed by atoms with van der Waals surface area (Å²) in [5, 5.41) is 12.2. The minimum absolute atomic E-state index is 0.108. The fourth-order valence-electron chi connectivity index (χ4n) is 2.52. The summed E-state index contributed by atoms with van der Waals surface area (Å²) >= 11 is 6.18. The normalized spacial score (nSPS) is 12.5. The van der Waals surface area contributed by atoms with E-state index >= 15 is 0 Å². The van der Waals surface area contributed by atoms with Crippen LogP contribution >= 0.6 is 11.6 Å². The molecule has 0 saturated carbocycles. The smallest absolute Gasteiger partial charge is 0.249 e. The Balaban J connectivity index is 2.25. The summed E-state index contributed by atoms with van der Waals surface area (Å²) in [6.45, 7) is 10.4. The van der Waals surface area contributed by atoms with E-state index in [0.29, 0.717) is 11.4 Å². The minimum atomic E-state index is -0.393. The van der Waals surface area contributed by atoms with Crippen LogP contribution in [-0.2, 0) is 11.3 Å². The van der Waals surface area contributed by atoms with Gasteiger partial charge in [-0.05, 0) is 34.1 Å². The number of aryl methyl sites for hydroxylation is 2. The highest BCUT2D eigenvalue weighted by atomic mass is 35.5. The highest BCUT2D eigenvalue weighted by Crippen LogP contribution is 2.25. The highest BCUT2D eigenvalue weighted by molar-refractivity contribution is 6.31. The molecule has 0 aliphatic rings. The number of carbonyl (C=O) groups excluding carboxylic acids is 1. The zero-order valence-corrected chi connectivity index (χ0v) is 14.4. The van der Waals surface area contributed by atoms with Gasteiger partial charge in [0.2, 0.25) is 5.91 Å². The lowest BCUT2D eigenvalue weighted by molar-refractivity contribution is -0.119. The molecule has 6 nitrogen and oxygen atoms in total. The van der Waals surface area contributed by atoms with Gasteiger partial charge in [0.05, 0.1) is 34.0 Å². The number of hydrogen-bond donors (Lipinski definition) is 1. The Labute approximate surface area is 135 Å². The molecule has 1 amide bonds. The molecular weight excluding hydrogens is 302 g/mol. The molecule has 0 spiro atoms. The number of nitrogens with one attached hydrogen (secondary N) is 1. The molecule has 7 heteroatoms. The van der Waals surface area contributed by atoms with Gasteiger partial charge in [0, 0.05) is 6.54 Å². The van der Waals surface area contributed by atoms with Gasteiger partial charge in [-0.25, -0.2) is 0 Å². The fourth-order valence-corrected chi connectivity index (χ4v) is 2.64. The Morgan fingerprint density at radius 3 is 2.45 bits per heavy atom. The quantitative estimate of drug-likeness (QED) is 0.918. The van der Waals surface area contributed by atoms with Gasteiger partial charge in [0.15, 0.2) is 0 Å². The van der Waals surface area contributed by atoms with E-state index < -0.39 is 6.04 Å². The van der Waals surface area contributed by atoms with E-state index in [9.17, 15) is 4.79 Å². The lowest BCUT2D eigenvalue weighted by Crippen LogP contribution is -2.27. The van der Waals surface area contributed by atoms with Gasteiger partial charge in [0.25, 0.3) is 0 Å². The summed E-state index contributed by atoms with van der Waals surface area (Å²) in [7, 11) is 0. The summed E-state index contributed by atoms with van der Waals surface area (Å²) in [4.78, 5) is 12.6. The Bertz CT molecular complexity index is 688. The van der Waals surface area contributed by atoms with Crippen LogP contribution < -0.4 is 5.32 Å². The number of amides is 1. The first-order valence-electron chi connectivity index (χ1n) is 7.45. The summed E-state index contributed by atoms with van der Waals surface area (Å²) in [6, 6.07) is -0.393. The van der Waals surface area contributed by atoms with Crippen LogP contribution in [-0.4, -0.2) is 25.5 Å². The lowest BCUT2D eigenvalue weighted by atomic mass is 10.2. The van der Waals surface area contributed by atoms with E-state index in [1.54, 1.807) is 10.9 Å². The molecule has 2 aromatic heterocycles. The number of nitrogens with zero attached hydrogens (tertiary/aromatic N) is 4. The second-order valence-electron chi connectivity index (χ2n) is 5.30. The molecule has 0 aromatic carbocycles. The van der Waals surface area contributed by atoms with E-state index in [0.717, 1.165) is 29.3 Å². The van der Waals surface area contributed by atoms with Gasteiger partial charge >= 0.3 is 0 Å². The third-order valence-electron chi connectivity index (χ3n) is 3.88. The first-order chi connectivity index (χ1) is 10.4. The number of hydrogen-bond acceptors (Lipinski definition) is 3. The van der Waals surface area contributed by atoms with E-state index in [1.165, 1.54) is 0 Å². The highest BCUT2D eigenvalue weighted by Gasteiger charge is 2.24. The van der Waals surface area contributed by atoms with Crippen LogP contribution in [0.25, 0.3) is 0 Å². The van der Waals surface area contributed by atoms with E-state index in [-0.39, 0.29) is 5.91 Å². The van der Waals surface area contributed by atoms with Crippen LogP contribution in [0.2, 0.25) is 5.02 Å². The van der Waals surface area contributed by atoms with Crippen LogP contribution in [0, 0.1) is 20.8 Å². The number of aromatic nitrogens is 4. The molecule has 2 aromatic rings. The first kappa shape index (κ1) is 16.5. The van der Waals surface area contributed by atoms with Gasteiger partial charge in [-0.2, -0.15) is 10.2 Å². The zero-order valence-electron chi connectivity index (χ0n) is 13.6. The molecule has 1 atom stereocenters. The fraction of sp³-hybridized carbons (Fsp3) is 0.533. The molecule has 1 unspecified atom stereocenters. The van der Waals surface area contributed by atoms with Crippen molar-refractivity contribution in [3.63, 3.8) is 0 Å². The first-order valence-corrected chi connectivity index (χ1v) is 7.82. The lowest BCUT2D eigenvalue weighted by Gasteiger charge is -2.17. The molecule has 22 heavy (non-hydrogen) atoms. The van der Waals surface area contributed by atoms with Crippen molar-refractivity contribution in [1.29, 1.82) is 0 Å². The third-order valence-corrected chi connectivity index (χ3v) is 4.43. The van der Waals surface area contributed by atoms with Crippen molar-refractivity contribution in [2.75, 3.05) is 5.32 Å². The zero-order chi connectivity index (χ0) is 16.4. The molecule has 0 aliphatic carbocycles. The SMILES string of the molecule is CCC(C(=O)Nc1cnn(CC)c1C)n1nc(C)c(Cl)c1C. The molecule has 2 rings (SSSR count). The molecule has 0 fully saturated rings.